The van der Waals surface area contributed by atoms with Gasteiger partial charge in [0.25, 0.3) is 0 Å². The van der Waals surface area contributed by atoms with Crippen molar-refractivity contribution in [2.75, 3.05) is 7.11 Å². The Balaban J connectivity index is 1.81. The van der Waals surface area contributed by atoms with E-state index in [4.69, 9.17) is 9.47 Å². The van der Waals surface area contributed by atoms with E-state index in [0.29, 0.717) is 0 Å². The SMILES string of the molecule is COC(=O)[C@@H]1[C@H]2CC[C@H](C2)N1C(=O)[C@@H](NC(=O)OC(C)(C)C)C1CCCCC1. The van der Waals surface area contributed by atoms with Gasteiger partial charge in [0.1, 0.15) is 17.7 Å². The van der Waals surface area contributed by atoms with Crippen LogP contribution in [0.2, 0.25) is 0 Å². The molecule has 1 aliphatic heterocycles. The maximum absolute atomic E-state index is 13.6. The molecule has 3 aliphatic rings. The second-order valence-electron chi connectivity index (χ2n) is 9.46. The Morgan fingerprint density at radius 3 is 2.32 bits per heavy atom. The first-order valence-corrected chi connectivity index (χ1v) is 10.6. The van der Waals surface area contributed by atoms with Gasteiger partial charge < -0.3 is 19.7 Å². The van der Waals surface area contributed by atoms with Crippen LogP contribution in [-0.2, 0) is 19.1 Å². The molecule has 4 atom stereocenters. The second-order valence-corrected chi connectivity index (χ2v) is 9.46. The number of nitrogens with one attached hydrogen (secondary N) is 1. The zero-order valence-electron chi connectivity index (χ0n) is 17.5. The number of methoxy groups -OCH3 is 1. The minimum Gasteiger partial charge on any atom is -0.467 e. The van der Waals surface area contributed by atoms with E-state index in [1.807, 2.05) is 0 Å². The van der Waals surface area contributed by atoms with Crippen molar-refractivity contribution >= 4 is 18.0 Å². The third-order valence-corrected chi connectivity index (χ3v) is 6.34. The Morgan fingerprint density at radius 1 is 1.04 bits per heavy atom. The maximum Gasteiger partial charge on any atom is 0.408 e. The van der Waals surface area contributed by atoms with Crippen molar-refractivity contribution in [2.45, 2.75) is 95.9 Å². The van der Waals surface area contributed by atoms with Crippen molar-refractivity contribution in [2.24, 2.45) is 11.8 Å². The number of hydrogen-bond acceptors (Lipinski definition) is 5. The highest BCUT2D eigenvalue weighted by molar-refractivity contribution is 5.91. The summed E-state index contributed by atoms with van der Waals surface area (Å²) >= 11 is 0. The van der Waals surface area contributed by atoms with Crippen LogP contribution in [0.15, 0.2) is 0 Å². The van der Waals surface area contributed by atoms with Crippen molar-refractivity contribution < 1.29 is 23.9 Å². The van der Waals surface area contributed by atoms with Gasteiger partial charge in [0.15, 0.2) is 0 Å². The summed E-state index contributed by atoms with van der Waals surface area (Å²) in [5, 5.41) is 2.85. The van der Waals surface area contributed by atoms with Crippen LogP contribution in [0.5, 0.6) is 0 Å². The van der Waals surface area contributed by atoms with Gasteiger partial charge in [0, 0.05) is 6.04 Å². The topological polar surface area (TPSA) is 84.9 Å². The Hall–Kier alpha value is -1.79. The summed E-state index contributed by atoms with van der Waals surface area (Å²) in [6.45, 7) is 5.41. The molecule has 2 bridgehead atoms. The van der Waals surface area contributed by atoms with Crippen LogP contribution in [0.4, 0.5) is 4.79 Å². The maximum atomic E-state index is 13.6. The number of rotatable bonds is 4. The predicted molar refractivity (Wildman–Crippen MR) is 104 cm³/mol. The molecule has 2 saturated carbocycles. The van der Waals surface area contributed by atoms with Gasteiger partial charge in [-0.1, -0.05) is 19.3 Å². The molecule has 7 heteroatoms. The Labute approximate surface area is 167 Å². The molecule has 0 aromatic carbocycles. The molecule has 2 aliphatic carbocycles. The molecule has 3 fully saturated rings. The lowest BCUT2D eigenvalue weighted by Crippen LogP contribution is -2.59. The van der Waals surface area contributed by atoms with Crippen LogP contribution in [-0.4, -0.2) is 53.7 Å². The second kappa shape index (κ2) is 8.29. The first-order chi connectivity index (χ1) is 13.2. The molecule has 0 aromatic rings. The summed E-state index contributed by atoms with van der Waals surface area (Å²) in [6, 6.07) is -1.11. The largest absolute Gasteiger partial charge is 0.467 e. The molecular formula is C21H34N2O5. The van der Waals surface area contributed by atoms with E-state index >= 15 is 0 Å². The number of carbonyl (C=O) groups excluding carboxylic acids is 3. The lowest BCUT2D eigenvalue weighted by molar-refractivity contribution is -0.156. The first kappa shape index (κ1) is 20.9. The van der Waals surface area contributed by atoms with Crippen molar-refractivity contribution in [1.82, 2.24) is 10.2 Å². The molecule has 28 heavy (non-hydrogen) atoms. The zero-order chi connectivity index (χ0) is 20.5. The van der Waals surface area contributed by atoms with E-state index in [2.05, 4.69) is 5.32 Å². The number of piperidine rings is 1. The Bertz CT molecular complexity index is 608. The molecule has 2 amide bonds. The van der Waals surface area contributed by atoms with Crippen LogP contribution >= 0.6 is 0 Å². The van der Waals surface area contributed by atoms with Crippen molar-refractivity contribution in [1.29, 1.82) is 0 Å². The molecule has 7 nitrogen and oxygen atoms in total. The van der Waals surface area contributed by atoms with E-state index in [9.17, 15) is 14.4 Å². The Kier molecular flexibility index (Phi) is 6.20. The van der Waals surface area contributed by atoms with Crippen molar-refractivity contribution in [3.05, 3.63) is 0 Å². The molecule has 0 radical (unpaired) electrons. The van der Waals surface area contributed by atoms with E-state index in [-0.39, 0.29) is 29.8 Å². The van der Waals surface area contributed by atoms with Gasteiger partial charge in [0.05, 0.1) is 7.11 Å². The van der Waals surface area contributed by atoms with Crippen LogP contribution in [0.1, 0.15) is 72.1 Å². The average molecular weight is 395 g/mol. The summed E-state index contributed by atoms with van der Waals surface area (Å²) in [5.41, 5.74) is -0.633. The number of amides is 2. The third kappa shape index (κ3) is 4.44. The number of likely N-dealkylation sites (tertiary alicyclic amines) is 1. The van der Waals surface area contributed by atoms with E-state index in [0.717, 1.165) is 51.4 Å². The lowest BCUT2D eigenvalue weighted by atomic mass is 9.83. The van der Waals surface area contributed by atoms with Gasteiger partial charge >= 0.3 is 12.1 Å². The highest BCUT2D eigenvalue weighted by Gasteiger charge is 2.53. The van der Waals surface area contributed by atoms with Gasteiger partial charge in [-0.3, -0.25) is 4.79 Å². The minimum atomic E-state index is -0.651. The number of fused-ring (bicyclic) bond motifs is 2. The summed E-state index contributed by atoms with van der Waals surface area (Å²) < 4.78 is 10.4. The van der Waals surface area contributed by atoms with E-state index < -0.39 is 23.8 Å². The van der Waals surface area contributed by atoms with Gasteiger partial charge in [0.2, 0.25) is 5.91 Å². The summed E-state index contributed by atoms with van der Waals surface area (Å²) in [4.78, 5) is 40.2. The zero-order valence-corrected chi connectivity index (χ0v) is 17.5. The number of carbonyl (C=O) groups is 3. The molecule has 1 saturated heterocycles. The van der Waals surface area contributed by atoms with E-state index in [1.54, 1.807) is 25.7 Å². The quantitative estimate of drug-likeness (QED) is 0.741. The minimum absolute atomic E-state index is 0.0631. The van der Waals surface area contributed by atoms with Gasteiger partial charge in [-0.25, -0.2) is 9.59 Å². The number of nitrogens with zero attached hydrogens (tertiary/aromatic N) is 1. The lowest BCUT2D eigenvalue weighted by Gasteiger charge is -2.39. The van der Waals surface area contributed by atoms with Crippen LogP contribution in [0, 0.1) is 11.8 Å². The summed E-state index contributed by atoms with van der Waals surface area (Å²) in [7, 11) is 1.37. The fourth-order valence-electron chi connectivity index (χ4n) is 5.17. The van der Waals surface area contributed by atoms with Gasteiger partial charge in [-0.05, 0) is 64.7 Å². The number of ether oxygens (including phenoxy) is 2. The van der Waals surface area contributed by atoms with Gasteiger partial charge in [-0.15, -0.1) is 0 Å². The normalized spacial score (nSPS) is 28.7. The summed E-state index contributed by atoms with van der Waals surface area (Å²) in [6.07, 6.45) is 7.19. The van der Waals surface area contributed by atoms with Crippen LogP contribution < -0.4 is 5.32 Å². The molecule has 3 rings (SSSR count). The highest BCUT2D eigenvalue weighted by Crippen LogP contribution is 2.44. The Morgan fingerprint density at radius 2 is 1.71 bits per heavy atom. The molecule has 1 N–H and O–H groups in total. The molecule has 0 unspecified atom stereocenters. The predicted octanol–water partition coefficient (Wildman–Crippen LogP) is 3.01. The highest BCUT2D eigenvalue weighted by atomic mass is 16.6. The van der Waals surface area contributed by atoms with Crippen molar-refractivity contribution in [3.63, 3.8) is 0 Å². The molecule has 0 spiro atoms. The summed E-state index contributed by atoms with van der Waals surface area (Å²) in [5.74, 6) is -0.262. The monoisotopic (exact) mass is 394 g/mol. The average Bonchev–Trinajstić information content (AvgIpc) is 3.25. The number of alkyl carbamates (subject to hydrolysis) is 1. The fraction of sp³-hybridized carbons (Fsp3) is 0.857. The standard InChI is InChI=1S/C21H34N2O5/c1-21(2,3)28-20(26)22-16(13-8-6-5-7-9-13)18(24)23-15-11-10-14(12-15)17(23)19(25)27-4/h13-17H,5-12H2,1-4H3,(H,22,26)/t14-,15+,16-,17-/m0/s1. The molecule has 0 aromatic heterocycles. The van der Waals surface area contributed by atoms with Crippen LogP contribution in [0.25, 0.3) is 0 Å². The third-order valence-electron chi connectivity index (χ3n) is 6.34. The van der Waals surface area contributed by atoms with Crippen LogP contribution in [0.3, 0.4) is 0 Å². The van der Waals surface area contributed by atoms with E-state index in [1.165, 1.54) is 7.11 Å². The number of hydrogen-bond donors (Lipinski definition) is 1. The molecule has 1 heterocycles. The van der Waals surface area contributed by atoms with Crippen molar-refractivity contribution in [3.8, 4) is 0 Å². The fourth-order valence-corrected chi connectivity index (χ4v) is 5.17. The van der Waals surface area contributed by atoms with Gasteiger partial charge in [-0.2, -0.15) is 0 Å². The molecule has 158 valence electrons. The smallest absolute Gasteiger partial charge is 0.408 e. The first-order valence-electron chi connectivity index (χ1n) is 10.6. The molecular weight excluding hydrogens is 360 g/mol. The number of esters is 1.